The molecule has 0 saturated heterocycles. The monoisotopic (exact) mass is 199 g/mol. The summed E-state index contributed by atoms with van der Waals surface area (Å²) in [6.07, 6.45) is 1.46. The number of aliphatic carboxylic acids is 1. The number of carbonyl (C=O) groups excluding carboxylic acids is 1. The van der Waals surface area contributed by atoms with Crippen LogP contribution in [0.4, 0.5) is 0 Å². The predicted molar refractivity (Wildman–Crippen MR) is 53.9 cm³/mol. The summed E-state index contributed by atoms with van der Waals surface area (Å²) in [5.41, 5.74) is 0.328. The quantitative estimate of drug-likeness (QED) is 0.653. The average Bonchev–Trinajstić information content (AvgIpc) is 2.01. The number of allylic oxidation sites excluding steroid dienone is 1. The Hall–Kier alpha value is -1.32. The van der Waals surface area contributed by atoms with Crippen molar-refractivity contribution in [2.45, 2.75) is 27.2 Å². The van der Waals surface area contributed by atoms with Crippen LogP contribution < -0.4 is 5.32 Å². The number of rotatable bonds is 5. The molecule has 0 aliphatic rings. The van der Waals surface area contributed by atoms with Crippen LogP contribution in [0.5, 0.6) is 0 Å². The molecule has 0 spiro atoms. The summed E-state index contributed by atoms with van der Waals surface area (Å²) >= 11 is 0. The van der Waals surface area contributed by atoms with Crippen LogP contribution in [0, 0.1) is 5.92 Å². The van der Waals surface area contributed by atoms with Crippen molar-refractivity contribution in [2.24, 2.45) is 5.92 Å². The molecule has 0 aromatic carbocycles. The minimum absolute atomic E-state index is 0.173. The van der Waals surface area contributed by atoms with Gasteiger partial charge in [-0.15, -0.1) is 0 Å². The second kappa shape index (κ2) is 6.18. The highest BCUT2D eigenvalue weighted by Gasteiger charge is 2.12. The van der Waals surface area contributed by atoms with Crippen molar-refractivity contribution in [1.29, 1.82) is 0 Å². The van der Waals surface area contributed by atoms with Gasteiger partial charge in [0.1, 0.15) is 0 Å². The molecule has 0 saturated carbocycles. The summed E-state index contributed by atoms with van der Waals surface area (Å²) in [5, 5.41) is 11.2. The number of likely N-dealkylation sites (N-methyl/N-ethyl adjacent to an activating group) is 1. The van der Waals surface area contributed by atoms with Crippen molar-refractivity contribution >= 4 is 11.9 Å². The molecule has 0 bridgehead atoms. The van der Waals surface area contributed by atoms with E-state index in [0.717, 1.165) is 0 Å². The van der Waals surface area contributed by atoms with Crippen LogP contribution in [0.1, 0.15) is 27.2 Å². The lowest BCUT2D eigenvalue weighted by Crippen LogP contribution is -2.26. The van der Waals surface area contributed by atoms with Gasteiger partial charge < -0.3 is 10.4 Å². The van der Waals surface area contributed by atoms with Gasteiger partial charge >= 0.3 is 5.97 Å². The molecular formula is C10H17NO3. The first-order valence-corrected chi connectivity index (χ1v) is 4.68. The molecule has 1 amide bonds. The average molecular weight is 199 g/mol. The normalized spacial score (nSPS) is 11.6. The zero-order valence-electron chi connectivity index (χ0n) is 8.83. The highest BCUT2D eigenvalue weighted by Crippen LogP contribution is 2.07. The van der Waals surface area contributed by atoms with E-state index in [-0.39, 0.29) is 18.2 Å². The van der Waals surface area contributed by atoms with E-state index in [1.54, 1.807) is 13.0 Å². The number of carboxylic acids is 1. The lowest BCUT2D eigenvalue weighted by molar-refractivity contribution is -0.137. The number of amides is 1. The van der Waals surface area contributed by atoms with Gasteiger partial charge in [0.05, 0.1) is 6.42 Å². The minimum Gasteiger partial charge on any atom is -0.481 e. The molecular weight excluding hydrogens is 182 g/mol. The number of nitrogens with one attached hydrogen (secondary N) is 1. The third kappa shape index (κ3) is 5.35. The highest BCUT2D eigenvalue weighted by molar-refractivity contribution is 5.97. The van der Waals surface area contributed by atoms with Crippen molar-refractivity contribution in [3.05, 3.63) is 11.6 Å². The molecule has 0 aliphatic heterocycles. The highest BCUT2D eigenvalue weighted by atomic mass is 16.4. The van der Waals surface area contributed by atoms with Gasteiger partial charge in [-0.2, -0.15) is 0 Å². The lowest BCUT2D eigenvalue weighted by atomic mass is 10.1. The van der Waals surface area contributed by atoms with Crippen LogP contribution in [0.25, 0.3) is 0 Å². The van der Waals surface area contributed by atoms with E-state index in [9.17, 15) is 9.59 Å². The maximum absolute atomic E-state index is 11.4. The molecule has 0 radical (unpaired) electrons. The van der Waals surface area contributed by atoms with Crippen LogP contribution in [0.2, 0.25) is 0 Å². The summed E-state index contributed by atoms with van der Waals surface area (Å²) in [4.78, 5) is 21.9. The van der Waals surface area contributed by atoms with Gasteiger partial charge in [0.15, 0.2) is 0 Å². The van der Waals surface area contributed by atoms with E-state index in [4.69, 9.17) is 5.11 Å². The standard InChI is InChI=1S/C10H17NO3/c1-4-11-10(14)8(5-7(2)3)6-9(12)13/h5,7H,4,6H2,1-3H3,(H,11,14)(H,12,13). The molecule has 2 N–H and O–H groups in total. The third-order valence-electron chi connectivity index (χ3n) is 1.51. The summed E-state index contributed by atoms with van der Waals surface area (Å²) < 4.78 is 0. The van der Waals surface area contributed by atoms with Crippen molar-refractivity contribution < 1.29 is 14.7 Å². The number of hydrogen-bond acceptors (Lipinski definition) is 2. The van der Waals surface area contributed by atoms with Crippen molar-refractivity contribution in [3.63, 3.8) is 0 Å². The first kappa shape index (κ1) is 12.7. The molecule has 0 unspecified atom stereocenters. The van der Waals surface area contributed by atoms with E-state index in [1.807, 2.05) is 13.8 Å². The van der Waals surface area contributed by atoms with Gasteiger partial charge in [0, 0.05) is 12.1 Å². The molecule has 0 aliphatic carbocycles. The van der Waals surface area contributed by atoms with Crippen LogP contribution in [-0.2, 0) is 9.59 Å². The van der Waals surface area contributed by atoms with E-state index in [2.05, 4.69) is 5.32 Å². The van der Waals surface area contributed by atoms with Gasteiger partial charge in [-0.1, -0.05) is 19.9 Å². The molecule has 80 valence electrons. The molecule has 14 heavy (non-hydrogen) atoms. The van der Waals surface area contributed by atoms with E-state index >= 15 is 0 Å². The fraction of sp³-hybridized carbons (Fsp3) is 0.600. The van der Waals surface area contributed by atoms with Gasteiger partial charge in [-0.05, 0) is 12.8 Å². The Labute approximate surface area is 84.0 Å². The SMILES string of the molecule is CCNC(=O)C(=CC(C)C)CC(=O)O. The predicted octanol–water partition coefficient (Wildman–Crippen LogP) is 1.18. The largest absolute Gasteiger partial charge is 0.481 e. The Bertz CT molecular complexity index is 244. The molecule has 0 aromatic rings. The zero-order valence-corrected chi connectivity index (χ0v) is 8.83. The first-order chi connectivity index (χ1) is 6.47. The van der Waals surface area contributed by atoms with Crippen molar-refractivity contribution in [3.8, 4) is 0 Å². The number of hydrogen-bond donors (Lipinski definition) is 2. The van der Waals surface area contributed by atoms with E-state index in [0.29, 0.717) is 12.1 Å². The van der Waals surface area contributed by atoms with Crippen LogP contribution in [0.3, 0.4) is 0 Å². The van der Waals surface area contributed by atoms with Crippen molar-refractivity contribution in [1.82, 2.24) is 5.32 Å². The lowest BCUT2D eigenvalue weighted by Gasteiger charge is -2.06. The Morgan fingerprint density at radius 3 is 2.36 bits per heavy atom. The first-order valence-electron chi connectivity index (χ1n) is 4.68. The number of carbonyl (C=O) groups is 2. The van der Waals surface area contributed by atoms with Crippen molar-refractivity contribution in [2.75, 3.05) is 6.54 Å². The Morgan fingerprint density at radius 1 is 1.43 bits per heavy atom. The summed E-state index contributed by atoms with van der Waals surface area (Å²) in [7, 11) is 0. The minimum atomic E-state index is -0.983. The molecule has 4 nitrogen and oxygen atoms in total. The molecule has 0 aromatic heterocycles. The maximum atomic E-state index is 11.4. The Morgan fingerprint density at radius 2 is 2.00 bits per heavy atom. The second-order valence-electron chi connectivity index (χ2n) is 3.37. The summed E-state index contributed by atoms with van der Waals surface area (Å²) in [6.45, 7) is 6.11. The molecule has 4 heteroatoms. The van der Waals surface area contributed by atoms with Crippen LogP contribution >= 0.6 is 0 Å². The van der Waals surface area contributed by atoms with E-state index < -0.39 is 5.97 Å². The smallest absolute Gasteiger partial charge is 0.308 e. The summed E-state index contributed by atoms with van der Waals surface area (Å²) in [5.74, 6) is -1.10. The maximum Gasteiger partial charge on any atom is 0.308 e. The molecule has 0 fully saturated rings. The fourth-order valence-electron chi connectivity index (χ4n) is 1.05. The topological polar surface area (TPSA) is 66.4 Å². The Kier molecular flexibility index (Phi) is 5.60. The van der Waals surface area contributed by atoms with Gasteiger partial charge in [-0.3, -0.25) is 9.59 Å². The van der Waals surface area contributed by atoms with Crippen LogP contribution in [0.15, 0.2) is 11.6 Å². The number of carboxylic acid groups (broad SMARTS) is 1. The second-order valence-corrected chi connectivity index (χ2v) is 3.37. The van der Waals surface area contributed by atoms with Gasteiger partial charge in [0.25, 0.3) is 0 Å². The van der Waals surface area contributed by atoms with Crippen LogP contribution in [-0.4, -0.2) is 23.5 Å². The van der Waals surface area contributed by atoms with E-state index in [1.165, 1.54) is 0 Å². The summed E-state index contributed by atoms with van der Waals surface area (Å²) in [6, 6.07) is 0. The molecule has 0 heterocycles. The zero-order chi connectivity index (χ0) is 11.1. The van der Waals surface area contributed by atoms with Gasteiger partial charge in [-0.25, -0.2) is 0 Å². The van der Waals surface area contributed by atoms with Gasteiger partial charge in [0.2, 0.25) is 5.91 Å². The molecule has 0 atom stereocenters. The third-order valence-corrected chi connectivity index (χ3v) is 1.51. The molecule has 0 rings (SSSR count). The Balaban J connectivity index is 4.54. The fourth-order valence-corrected chi connectivity index (χ4v) is 1.05.